The lowest BCUT2D eigenvalue weighted by atomic mass is 10.0. The van der Waals surface area contributed by atoms with Crippen molar-refractivity contribution in [2.24, 2.45) is 0 Å². The van der Waals surface area contributed by atoms with Crippen LogP contribution in [-0.2, 0) is 0 Å². The Morgan fingerprint density at radius 1 is 0.618 bits per heavy atom. The van der Waals surface area contributed by atoms with E-state index in [4.69, 9.17) is 4.74 Å². The van der Waals surface area contributed by atoms with Gasteiger partial charge in [0.2, 0.25) is 0 Å². The number of hydrogen-bond donors (Lipinski definition) is 3. The van der Waals surface area contributed by atoms with Gasteiger partial charge in [-0.1, -0.05) is 18.2 Å². The van der Waals surface area contributed by atoms with Gasteiger partial charge in [0.25, 0.3) is 0 Å². The molecule has 4 aromatic rings. The van der Waals surface area contributed by atoms with Crippen LogP contribution in [0.25, 0.3) is 0 Å². The van der Waals surface area contributed by atoms with Crippen LogP contribution in [0.5, 0.6) is 28.7 Å². The van der Waals surface area contributed by atoms with E-state index in [-0.39, 0.29) is 17.2 Å². The Morgan fingerprint density at radius 3 is 1.76 bits per heavy atom. The molecule has 0 radical (unpaired) electrons. The second kappa shape index (κ2) is 9.02. The molecule has 4 rings (SSSR count). The number of aryl methyl sites for hydroxylation is 1. The third-order valence-electron chi connectivity index (χ3n) is 6.45. The smallest absolute Gasteiger partial charge is 0.169 e. The Balaban J connectivity index is 1.88. The standard InChI is InChI=1S/C29H29NO4/c1-17-8-6-11-28(29(17)33)34-23-10-7-9-22(16-23)30(24-12-14-26(31)20(4)18(24)2)25-13-15-27(32)21(5)19(25)3/h6-16,31-33H,1-5H3. The van der Waals surface area contributed by atoms with Gasteiger partial charge >= 0.3 is 0 Å². The van der Waals surface area contributed by atoms with Gasteiger partial charge in [-0.15, -0.1) is 0 Å². The van der Waals surface area contributed by atoms with E-state index in [1.54, 1.807) is 18.2 Å². The number of para-hydroxylation sites is 1. The van der Waals surface area contributed by atoms with E-state index in [0.29, 0.717) is 11.5 Å². The quantitative estimate of drug-likeness (QED) is 0.289. The molecule has 0 amide bonds. The first-order valence-corrected chi connectivity index (χ1v) is 11.1. The van der Waals surface area contributed by atoms with E-state index in [9.17, 15) is 15.3 Å². The summed E-state index contributed by atoms with van der Waals surface area (Å²) in [6.45, 7) is 9.56. The topological polar surface area (TPSA) is 73.2 Å². The van der Waals surface area contributed by atoms with E-state index in [0.717, 1.165) is 44.9 Å². The van der Waals surface area contributed by atoms with Crippen molar-refractivity contribution in [3.8, 4) is 28.7 Å². The number of rotatable bonds is 5. The summed E-state index contributed by atoms with van der Waals surface area (Å²) in [5, 5.41) is 30.9. The van der Waals surface area contributed by atoms with Crippen LogP contribution in [0.4, 0.5) is 17.1 Å². The summed E-state index contributed by atoms with van der Waals surface area (Å²) in [6, 6.07) is 20.2. The second-order valence-electron chi connectivity index (χ2n) is 8.56. The van der Waals surface area contributed by atoms with Crippen LogP contribution < -0.4 is 9.64 Å². The van der Waals surface area contributed by atoms with Crippen molar-refractivity contribution in [2.45, 2.75) is 34.6 Å². The van der Waals surface area contributed by atoms with Crippen LogP contribution >= 0.6 is 0 Å². The van der Waals surface area contributed by atoms with Gasteiger partial charge < -0.3 is 25.0 Å². The third kappa shape index (κ3) is 4.13. The summed E-state index contributed by atoms with van der Waals surface area (Å²) in [5.74, 6) is 1.56. The minimum absolute atomic E-state index is 0.111. The van der Waals surface area contributed by atoms with Gasteiger partial charge in [-0.05, 0) is 105 Å². The Labute approximate surface area is 200 Å². The van der Waals surface area contributed by atoms with Gasteiger partial charge in [-0.2, -0.15) is 0 Å². The molecule has 34 heavy (non-hydrogen) atoms. The number of anilines is 3. The highest BCUT2D eigenvalue weighted by Gasteiger charge is 2.21. The fourth-order valence-electron chi connectivity index (χ4n) is 4.00. The summed E-state index contributed by atoms with van der Waals surface area (Å²) in [6.07, 6.45) is 0. The number of phenols is 3. The second-order valence-corrected chi connectivity index (χ2v) is 8.56. The van der Waals surface area contributed by atoms with Crippen molar-refractivity contribution < 1.29 is 20.1 Å². The molecule has 3 N–H and O–H groups in total. The zero-order valence-corrected chi connectivity index (χ0v) is 20.0. The fourth-order valence-corrected chi connectivity index (χ4v) is 4.00. The average Bonchev–Trinajstić information content (AvgIpc) is 2.82. The lowest BCUT2D eigenvalue weighted by molar-refractivity contribution is 0.408. The van der Waals surface area contributed by atoms with Gasteiger partial charge in [0.05, 0.1) is 0 Å². The lowest BCUT2D eigenvalue weighted by Gasteiger charge is -2.30. The van der Waals surface area contributed by atoms with Crippen molar-refractivity contribution in [1.82, 2.24) is 0 Å². The Morgan fingerprint density at radius 2 is 1.18 bits per heavy atom. The maximum absolute atomic E-state index is 10.4. The van der Waals surface area contributed by atoms with Crippen LogP contribution in [0.1, 0.15) is 27.8 Å². The first-order valence-electron chi connectivity index (χ1n) is 11.1. The van der Waals surface area contributed by atoms with E-state index in [1.165, 1.54) is 0 Å². The largest absolute Gasteiger partial charge is 0.508 e. The van der Waals surface area contributed by atoms with Crippen LogP contribution in [0, 0.1) is 34.6 Å². The van der Waals surface area contributed by atoms with Gasteiger partial charge in [-0.25, -0.2) is 0 Å². The molecule has 0 spiro atoms. The molecule has 5 nitrogen and oxygen atoms in total. The van der Waals surface area contributed by atoms with E-state index < -0.39 is 0 Å². The molecule has 5 heteroatoms. The monoisotopic (exact) mass is 455 g/mol. The molecular weight excluding hydrogens is 426 g/mol. The van der Waals surface area contributed by atoms with Crippen LogP contribution in [0.3, 0.4) is 0 Å². The maximum Gasteiger partial charge on any atom is 0.169 e. The third-order valence-corrected chi connectivity index (χ3v) is 6.45. The van der Waals surface area contributed by atoms with Crippen molar-refractivity contribution >= 4 is 17.1 Å². The number of hydrogen-bond acceptors (Lipinski definition) is 5. The molecule has 0 saturated heterocycles. The molecular formula is C29H29NO4. The molecule has 0 aliphatic rings. The number of nitrogens with zero attached hydrogens (tertiary/aromatic N) is 1. The highest BCUT2D eigenvalue weighted by molar-refractivity contribution is 5.82. The summed E-state index contributed by atoms with van der Waals surface area (Å²) < 4.78 is 6.04. The van der Waals surface area contributed by atoms with Crippen molar-refractivity contribution in [1.29, 1.82) is 0 Å². The van der Waals surface area contributed by atoms with Gasteiger partial charge in [0, 0.05) is 23.1 Å². The molecule has 0 fully saturated rings. The molecule has 0 bridgehead atoms. The first-order chi connectivity index (χ1) is 16.2. The molecule has 0 unspecified atom stereocenters. The average molecular weight is 456 g/mol. The minimum atomic E-state index is 0.111. The predicted octanol–water partition coefficient (Wildman–Crippen LogP) is 7.61. The number of ether oxygens (including phenoxy) is 1. The maximum atomic E-state index is 10.4. The van der Waals surface area contributed by atoms with E-state index >= 15 is 0 Å². The number of aromatic hydroxyl groups is 3. The molecule has 0 atom stereocenters. The molecule has 0 saturated carbocycles. The molecule has 0 aliphatic carbocycles. The summed E-state index contributed by atoms with van der Waals surface area (Å²) >= 11 is 0. The molecule has 0 aliphatic heterocycles. The summed E-state index contributed by atoms with van der Waals surface area (Å²) in [4.78, 5) is 2.09. The van der Waals surface area contributed by atoms with Gasteiger partial charge in [0.15, 0.2) is 11.5 Å². The molecule has 0 heterocycles. The number of benzene rings is 4. The predicted molar refractivity (Wildman–Crippen MR) is 136 cm³/mol. The normalized spacial score (nSPS) is 10.9. The highest BCUT2D eigenvalue weighted by atomic mass is 16.5. The van der Waals surface area contributed by atoms with Gasteiger partial charge in [0.1, 0.15) is 17.2 Å². The molecule has 4 aromatic carbocycles. The Kier molecular flexibility index (Phi) is 6.12. The van der Waals surface area contributed by atoms with Crippen molar-refractivity contribution in [3.63, 3.8) is 0 Å². The van der Waals surface area contributed by atoms with E-state index in [2.05, 4.69) is 4.90 Å². The van der Waals surface area contributed by atoms with Crippen LogP contribution in [0.15, 0.2) is 66.7 Å². The lowest BCUT2D eigenvalue weighted by Crippen LogP contribution is -2.13. The van der Waals surface area contributed by atoms with Gasteiger partial charge in [-0.3, -0.25) is 0 Å². The SMILES string of the molecule is Cc1cccc(Oc2cccc(N(c3ccc(O)c(C)c3C)c3ccc(O)c(C)c3C)c2)c1O. The minimum Gasteiger partial charge on any atom is -0.508 e. The zero-order valence-electron chi connectivity index (χ0n) is 20.0. The summed E-state index contributed by atoms with van der Waals surface area (Å²) in [5.41, 5.74) is 6.85. The molecule has 0 aromatic heterocycles. The first kappa shape index (κ1) is 23.1. The van der Waals surface area contributed by atoms with E-state index in [1.807, 2.05) is 83.1 Å². The fraction of sp³-hybridized carbons (Fsp3) is 0.172. The highest BCUT2D eigenvalue weighted by Crippen LogP contribution is 2.44. The van der Waals surface area contributed by atoms with Crippen LogP contribution in [-0.4, -0.2) is 15.3 Å². The van der Waals surface area contributed by atoms with Crippen molar-refractivity contribution in [2.75, 3.05) is 4.90 Å². The summed E-state index contributed by atoms with van der Waals surface area (Å²) in [7, 11) is 0. The zero-order chi connectivity index (χ0) is 24.6. The number of phenolic OH excluding ortho intramolecular Hbond substituents is 3. The Bertz CT molecular complexity index is 1320. The molecule has 174 valence electrons. The van der Waals surface area contributed by atoms with Crippen molar-refractivity contribution in [3.05, 3.63) is 94.5 Å². The van der Waals surface area contributed by atoms with Crippen LogP contribution in [0.2, 0.25) is 0 Å². The Hall–Kier alpha value is -4.12.